The van der Waals surface area contributed by atoms with Crippen molar-refractivity contribution in [2.75, 3.05) is 18.0 Å². The second-order valence-corrected chi connectivity index (χ2v) is 5.59. The molecular weight excluding hydrogens is 300 g/mol. The maximum atomic E-state index is 12.1. The largest absolute Gasteiger partial charge is 0.357 e. The molecule has 0 aliphatic carbocycles. The molecule has 0 atom stereocenters. The fourth-order valence-electron chi connectivity index (χ4n) is 2.50. The number of halogens is 1. The van der Waals surface area contributed by atoms with Crippen LogP contribution in [0.2, 0.25) is 5.02 Å². The Morgan fingerprint density at radius 2 is 2.00 bits per heavy atom. The quantitative estimate of drug-likeness (QED) is 0.942. The molecule has 1 fully saturated rings. The van der Waals surface area contributed by atoms with E-state index < -0.39 is 0 Å². The molecule has 1 aromatic carbocycles. The molecule has 0 radical (unpaired) electrons. The van der Waals surface area contributed by atoms with Gasteiger partial charge < -0.3 is 10.2 Å². The van der Waals surface area contributed by atoms with Crippen LogP contribution in [0, 0.1) is 0 Å². The van der Waals surface area contributed by atoms with E-state index in [0.29, 0.717) is 16.4 Å². The first-order valence-corrected chi connectivity index (χ1v) is 7.71. The SMILES string of the molecule is O=C(NCc1nccc(N2CCCC2)n1)c1ccccc1Cl. The Balaban J connectivity index is 1.65. The highest BCUT2D eigenvalue weighted by atomic mass is 35.5. The third kappa shape index (κ3) is 3.36. The predicted molar refractivity (Wildman–Crippen MR) is 86.1 cm³/mol. The van der Waals surface area contributed by atoms with E-state index in [1.165, 1.54) is 12.8 Å². The van der Waals surface area contributed by atoms with E-state index in [1.807, 2.05) is 6.07 Å². The monoisotopic (exact) mass is 316 g/mol. The van der Waals surface area contributed by atoms with Crippen molar-refractivity contribution < 1.29 is 4.79 Å². The number of hydrogen-bond acceptors (Lipinski definition) is 4. The van der Waals surface area contributed by atoms with Crippen LogP contribution < -0.4 is 10.2 Å². The van der Waals surface area contributed by atoms with Gasteiger partial charge in [-0.2, -0.15) is 0 Å². The summed E-state index contributed by atoms with van der Waals surface area (Å²) in [4.78, 5) is 23.1. The number of carbonyl (C=O) groups is 1. The molecule has 6 heteroatoms. The molecule has 1 aliphatic heterocycles. The number of carbonyl (C=O) groups excluding carboxylic acids is 1. The van der Waals surface area contributed by atoms with Crippen molar-refractivity contribution in [1.29, 1.82) is 0 Å². The summed E-state index contributed by atoms with van der Waals surface area (Å²) in [5.74, 6) is 1.31. The molecule has 1 amide bonds. The Bertz CT molecular complexity index is 671. The molecule has 3 rings (SSSR count). The Morgan fingerprint density at radius 1 is 1.23 bits per heavy atom. The van der Waals surface area contributed by atoms with Gasteiger partial charge in [0.1, 0.15) is 11.6 Å². The standard InChI is InChI=1S/C16H17ClN4O/c17-13-6-2-1-5-12(13)16(22)19-11-14-18-8-7-15(20-14)21-9-3-4-10-21/h1-2,5-8H,3-4,9-11H2,(H,19,22). The average Bonchev–Trinajstić information content (AvgIpc) is 3.08. The number of hydrogen-bond donors (Lipinski definition) is 1. The van der Waals surface area contributed by atoms with Crippen molar-refractivity contribution in [2.45, 2.75) is 19.4 Å². The van der Waals surface area contributed by atoms with Gasteiger partial charge in [0.25, 0.3) is 5.91 Å². The lowest BCUT2D eigenvalue weighted by Crippen LogP contribution is -2.25. The maximum Gasteiger partial charge on any atom is 0.253 e. The van der Waals surface area contributed by atoms with Crippen LogP contribution in [-0.2, 0) is 6.54 Å². The van der Waals surface area contributed by atoms with Crippen molar-refractivity contribution in [3.05, 3.63) is 52.9 Å². The summed E-state index contributed by atoms with van der Waals surface area (Å²) in [6, 6.07) is 8.87. The van der Waals surface area contributed by atoms with Crippen molar-refractivity contribution in [1.82, 2.24) is 15.3 Å². The van der Waals surface area contributed by atoms with Crippen molar-refractivity contribution in [2.24, 2.45) is 0 Å². The van der Waals surface area contributed by atoms with Crippen molar-refractivity contribution in [3.8, 4) is 0 Å². The lowest BCUT2D eigenvalue weighted by atomic mass is 10.2. The molecule has 0 unspecified atom stereocenters. The molecule has 2 aromatic rings. The van der Waals surface area contributed by atoms with Crippen LogP contribution in [0.15, 0.2) is 36.5 Å². The van der Waals surface area contributed by atoms with Crippen LogP contribution in [0.1, 0.15) is 29.0 Å². The molecular formula is C16H17ClN4O. The van der Waals surface area contributed by atoms with E-state index in [9.17, 15) is 4.79 Å². The zero-order valence-corrected chi connectivity index (χ0v) is 12.9. The highest BCUT2D eigenvalue weighted by molar-refractivity contribution is 6.33. The summed E-state index contributed by atoms with van der Waals surface area (Å²) in [6.45, 7) is 2.34. The number of rotatable bonds is 4. The van der Waals surface area contributed by atoms with Gasteiger partial charge in [-0.3, -0.25) is 4.79 Å². The van der Waals surface area contributed by atoms with Crippen LogP contribution in [0.3, 0.4) is 0 Å². The molecule has 0 spiro atoms. The first-order valence-electron chi connectivity index (χ1n) is 7.33. The Morgan fingerprint density at radius 3 is 2.77 bits per heavy atom. The molecule has 2 heterocycles. The number of amides is 1. The van der Waals surface area contributed by atoms with E-state index in [1.54, 1.807) is 30.5 Å². The summed E-state index contributed by atoms with van der Waals surface area (Å²) in [5, 5.41) is 3.24. The summed E-state index contributed by atoms with van der Waals surface area (Å²) < 4.78 is 0. The molecule has 1 saturated heterocycles. The zero-order valence-electron chi connectivity index (χ0n) is 12.1. The van der Waals surface area contributed by atoms with Gasteiger partial charge in [-0.25, -0.2) is 9.97 Å². The van der Waals surface area contributed by atoms with E-state index in [0.717, 1.165) is 18.9 Å². The van der Waals surface area contributed by atoms with Gasteiger partial charge >= 0.3 is 0 Å². The number of anilines is 1. The van der Waals surface area contributed by atoms with Gasteiger partial charge in [-0.15, -0.1) is 0 Å². The normalized spacial score (nSPS) is 14.1. The third-order valence-electron chi connectivity index (χ3n) is 3.65. The van der Waals surface area contributed by atoms with Gasteiger partial charge in [-0.1, -0.05) is 23.7 Å². The first kappa shape index (κ1) is 14.8. The van der Waals surface area contributed by atoms with Gasteiger partial charge in [0.15, 0.2) is 0 Å². The molecule has 0 saturated carbocycles. The van der Waals surface area contributed by atoms with Crippen LogP contribution in [0.25, 0.3) is 0 Å². The highest BCUT2D eigenvalue weighted by Crippen LogP contribution is 2.17. The minimum Gasteiger partial charge on any atom is -0.357 e. The molecule has 0 bridgehead atoms. The fraction of sp³-hybridized carbons (Fsp3) is 0.312. The lowest BCUT2D eigenvalue weighted by Gasteiger charge is -2.16. The molecule has 114 valence electrons. The summed E-state index contributed by atoms with van der Waals surface area (Å²) in [7, 11) is 0. The second kappa shape index (κ2) is 6.75. The van der Waals surface area contributed by atoms with E-state index in [-0.39, 0.29) is 12.5 Å². The van der Waals surface area contributed by atoms with Gasteiger partial charge in [0, 0.05) is 19.3 Å². The van der Waals surface area contributed by atoms with Gasteiger partial charge in [-0.05, 0) is 31.0 Å². The number of nitrogens with one attached hydrogen (secondary N) is 1. The van der Waals surface area contributed by atoms with Crippen LogP contribution >= 0.6 is 11.6 Å². The second-order valence-electron chi connectivity index (χ2n) is 5.19. The maximum absolute atomic E-state index is 12.1. The van der Waals surface area contributed by atoms with Crippen LogP contribution in [-0.4, -0.2) is 29.0 Å². The third-order valence-corrected chi connectivity index (χ3v) is 3.98. The number of aromatic nitrogens is 2. The Labute approximate surface area is 134 Å². The zero-order chi connectivity index (χ0) is 15.4. The fourth-order valence-corrected chi connectivity index (χ4v) is 2.72. The van der Waals surface area contributed by atoms with Crippen LogP contribution in [0.5, 0.6) is 0 Å². The molecule has 5 nitrogen and oxygen atoms in total. The molecule has 22 heavy (non-hydrogen) atoms. The van der Waals surface area contributed by atoms with E-state index >= 15 is 0 Å². The smallest absolute Gasteiger partial charge is 0.253 e. The van der Waals surface area contributed by atoms with E-state index in [2.05, 4.69) is 20.2 Å². The lowest BCUT2D eigenvalue weighted by molar-refractivity contribution is 0.0950. The average molecular weight is 317 g/mol. The number of nitrogens with zero attached hydrogens (tertiary/aromatic N) is 3. The minimum atomic E-state index is -0.222. The first-order chi connectivity index (χ1) is 10.7. The highest BCUT2D eigenvalue weighted by Gasteiger charge is 2.14. The predicted octanol–water partition coefficient (Wildman–Crippen LogP) is 2.66. The Hall–Kier alpha value is -2.14. The number of benzene rings is 1. The molecule has 1 aliphatic rings. The molecule has 1 aromatic heterocycles. The summed E-state index contributed by atoms with van der Waals surface area (Å²) in [6.07, 6.45) is 4.13. The minimum absolute atomic E-state index is 0.222. The summed E-state index contributed by atoms with van der Waals surface area (Å²) in [5.41, 5.74) is 0.458. The topological polar surface area (TPSA) is 58.1 Å². The van der Waals surface area contributed by atoms with Crippen LogP contribution in [0.4, 0.5) is 5.82 Å². The van der Waals surface area contributed by atoms with Crippen molar-refractivity contribution in [3.63, 3.8) is 0 Å². The summed E-state index contributed by atoms with van der Waals surface area (Å²) >= 11 is 6.01. The van der Waals surface area contributed by atoms with Gasteiger partial charge in [0.05, 0.1) is 17.1 Å². The van der Waals surface area contributed by atoms with E-state index in [4.69, 9.17) is 11.6 Å². The Kier molecular flexibility index (Phi) is 4.53. The molecule has 1 N–H and O–H groups in total. The van der Waals surface area contributed by atoms with Crippen molar-refractivity contribution >= 4 is 23.3 Å². The van der Waals surface area contributed by atoms with Gasteiger partial charge in [0.2, 0.25) is 0 Å².